The van der Waals surface area contributed by atoms with E-state index in [9.17, 15) is 0 Å². The number of hydrogen-bond acceptors (Lipinski definition) is 3. The first-order valence-electron chi connectivity index (χ1n) is 5.36. The number of thiophene rings is 1. The molecule has 1 fully saturated rings. The average Bonchev–Trinajstić information content (AvgIpc) is 2.65. The predicted octanol–water partition coefficient (Wildman–Crippen LogP) is 2.95. The summed E-state index contributed by atoms with van der Waals surface area (Å²) in [4.78, 5) is 1.34. The van der Waals surface area contributed by atoms with E-state index in [1.807, 2.05) is 0 Å². The Morgan fingerprint density at radius 3 is 3.07 bits per heavy atom. The molecule has 0 saturated carbocycles. The van der Waals surface area contributed by atoms with Gasteiger partial charge in [-0.25, -0.2) is 0 Å². The van der Waals surface area contributed by atoms with Crippen LogP contribution >= 0.6 is 27.3 Å². The number of hydrogen-bond donors (Lipinski definition) is 1. The second kappa shape index (κ2) is 5.43. The molecule has 1 aliphatic heterocycles. The number of halogens is 1. The third-order valence-corrected chi connectivity index (χ3v) is 4.47. The van der Waals surface area contributed by atoms with Crippen LogP contribution < -0.4 is 5.73 Å². The standard InChI is InChI=1S/C11H16BrNOS/c12-8-5-9(15-7-8)6-10(13)11-3-1-2-4-14-11/h5,7,10-11H,1-4,6,13H2. The van der Waals surface area contributed by atoms with E-state index in [0.29, 0.717) is 0 Å². The Labute approximate surface area is 103 Å². The molecule has 84 valence electrons. The molecule has 4 heteroatoms. The Bertz CT molecular complexity index is 309. The van der Waals surface area contributed by atoms with Gasteiger partial charge in [-0.15, -0.1) is 11.3 Å². The first kappa shape index (κ1) is 11.6. The summed E-state index contributed by atoms with van der Waals surface area (Å²) in [5.41, 5.74) is 6.16. The van der Waals surface area contributed by atoms with E-state index < -0.39 is 0 Å². The molecule has 0 amide bonds. The molecule has 2 atom stereocenters. The summed E-state index contributed by atoms with van der Waals surface area (Å²) in [5.74, 6) is 0. The maximum Gasteiger partial charge on any atom is 0.0729 e. The lowest BCUT2D eigenvalue weighted by atomic mass is 10.00. The van der Waals surface area contributed by atoms with Gasteiger partial charge in [-0.2, -0.15) is 0 Å². The fraction of sp³-hybridized carbons (Fsp3) is 0.636. The van der Waals surface area contributed by atoms with Gasteiger partial charge >= 0.3 is 0 Å². The summed E-state index contributed by atoms with van der Waals surface area (Å²) in [6.45, 7) is 0.881. The van der Waals surface area contributed by atoms with Crippen molar-refractivity contribution < 1.29 is 4.74 Å². The summed E-state index contributed by atoms with van der Waals surface area (Å²) in [6, 6.07) is 2.30. The van der Waals surface area contributed by atoms with E-state index in [1.54, 1.807) is 11.3 Å². The van der Waals surface area contributed by atoms with Crippen molar-refractivity contribution in [2.75, 3.05) is 6.61 Å². The van der Waals surface area contributed by atoms with Crippen molar-refractivity contribution in [2.24, 2.45) is 5.73 Å². The third-order valence-electron chi connectivity index (χ3n) is 2.75. The molecule has 0 radical (unpaired) electrons. The van der Waals surface area contributed by atoms with Crippen molar-refractivity contribution in [1.82, 2.24) is 0 Å². The molecule has 0 spiro atoms. The van der Waals surface area contributed by atoms with Crippen LogP contribution in [-0.4, -0.2) is 18.8 Å². The van der Waals surface area contributed by atoms with Crippen LogP contribution in [0, 0.1) is 0 Å². The van der Waals surface area contributed by atoms with Gasteiger partial charge in [-0.05, 0) is 47.7 Å². The molecule has 2 N–H and O–H groups in total. The monoisotopic (exact) mass is 289 g/mol. The van der Waals surface area contributed by atoms with Gasteiger partial charge in [0.1, 0.15) is 0 Å². The van der Waals surface area contributed by atoms with Crippen molar-refractivity contribution in [3.63, 3.8) is 0 Å². The minimum Gasteiger partial charge on any atom is -0.377 e. The average molecular weight is 290 g/mol. The van der Waals surface area contributed by atoms with Gasteiger partial charge in [-0.3, -0.25) is 0 Å². The fourth-order valence-corrected chi connectivity index (χ4v) is 3.45. The Kier molecular flexibility index (Phi) is 4.20. The van der Waals surface area contributed by atoms with Crippen LogP contribution in [0.15, 0.2) is 15.9 Å². The van der Waals surface area contributed by atoms with Gasteiger partial charge < -0.3 is 10.5 Å². The van der Waals surface area contributed by atoms with Crippen LogP contribution in [0.5, 0.6) is 0 Å². The molecule has 2 heterocycles. The zero-order valence-electron chi connectivity index (χ0n) is 8.62. The maximum absolute atomic E-state index is 6.16. The topological polar surface area (TPSA) is 35.2 Å². The van der Waals surface area contributed by atoms with Gasteiger partial charge in [-0.1, -0.05) is 0 Å². The number of ether oxygens (including phenoxy) is 1. The molecule has 1 aromatic heterocycles. The molecule has 0 aromatic carbocycles. The molecule has 2 unspecified atom stereocenters. The van der Waals surface area contributed by atoms with Crippen molar-refractivity contribution in [2.45, 2.75) is 37.8 Å². The zero-order valence-corrected chi connectivity index (χ0v) is 11.0. The molecule has 15 heavy (non-hydrogen) atoms. The Morgan fingerprint density at radius 1 is 1.60 bits per heavy atom. The first-order valence-corrected chi connectivity index (χ1v) is 7.03. The molecule has 0 aliphatic carbocycles. The first-order chi connectivity index (χ1) is 7.25. The maximum atomic E-state index is 6.16. The minimum absolute atomic E-state index is 0.149. The molecule has 0 bridgehead atoms. The lowest BCUT2D eigenvalue weighted by Crippen LogP contribution is -2.40. The van der Waals surface area contributed by atoms with Crippen LogP contribution in [0.25, 0.3) is 0 Å². The predicted molar refractivity (Wildman–Crippen MR) is 67.3 cm³/mol. The van der Waals surface area contributed by atoms with Crippen LogP contribution in [0.1, 0.15) is 24.1 Å². The molecular formula is C11H16BrNOS. The van der Waals surface area contributed by atoms with Crippen molar-refractivity contribution in [3.8, 4) is 0 Å². The molecule has 1 saturated heterocycles. The normalized spacial score (nSPS) is 24.0. The molecule has 2 rings (SSSR count). The molecule has 2 nitrogen and oxygen atoms in total. The third kappa shape index (κ3) is 3.28. The van der Waals surface area contributed by atoms with E-state index in [0.717, 1.165) is 23.9 Å². The SMILES string of the molecule is NC(Cc1cc(Br)cs1)C1CCCCO1. The van der Waals surface area contributed by atoms with Crippen LogP contribution in [0.4, 0.5) is 0 Å². The quantitative estimate of drug-likeness (QED) is 0.929. The lowest BCUT2D eigenvalue weighted by molar-refractivity contribution is 0.000774. The number of rotatable bonds is 3. The van der Waals surface area contributed by atoms with Crippen LogP contribution in [-0.2, 0) is 11.2 Å². The summed E-state index contributed by atoms with van der Waals surface area (Å²) in [5, 5.41) is 2.10. The second-order valence-corrected chi connectivity index (χ2v) is 5.92. The highest BCUT2D eigenvalue weighted by Gasteiger charge is 2.21. The highest BCUT2D eigenvalue weighted by atomic mass is 79.9. The van der Waals surface area contributed by atoms with Gasteiger partial charge in [0.2, 0.25) is 0 Å². The Hall–Kier alpha value is 0.1000. The molecule has 1 aliphatic rings. The summed E-state index contributed by atoms with van der Waals surface area (Å²) in [7, 11) is 0. The molecular weight excluding hydrogens is 274 g/mol. The summed E-state index contributed by atoms with van der Waals surface area (Å²) in [6.07, 6.45) is 4.76. The lowest BCUT2D eigenvalue weighted by Gasteiger charge is -2.27. The highest BCUT2D eigenvalue weighted by molar-refractivity contribution is 9.10. The summed E-state index contributed by atoms with van der Waals surface area (Å²) < 4.78 is 6.84. The highest BCUT2D eigenvalue weighted by Crippen LogP contribution is 2.23. The van der Waals surface area contributed by atoms with Crippen LogP contribution in [0.3, 0.4) is 0 Å². The zero-order chi connectivity index (χ0) is 10.7. The molecule has 1 aromatic rings. The Balaban J connectivity index is 1.88. The van der Waals surface area contributed by atoms with Gasteiger partial charge in [0.25, 0.3) is 0 Å². The van der Waals surface area contributed by atoms with Crippen molar-refractivity contribution in [3.05, 3.63) is 20.8 Å². The summed E-state index contributed by atoms with van der Waals surface area (Å²) >= 11 is 5.22. The van der Waals surface area contributed by atoms with Crippen molar-refractivity contribution >= 4 is 27.3 Å². The van der Waals surface area contributed by atoms with Gasteiger partial charge in [0.15, 0.2) is 0 Å². The Morgan fingerprint density at radius 2 is 2.47 bits per heavy atom. The fourth-order valence-electron chi connectivity index (χ4n) is 1.93. The van der Waals surface area contributed by atoms with Gasteiger partial charge in [0.05, 0.1) is 6.10 Å². The smallest absolute Gasteiger partial charge is 0.0729 e. The minimum atomic E-state index is 0.149. The van der Waals surface area contributed by atoms with Crippen LogP contribution in [0.2, 0.25) is 0 Å². The van der Waals surface area contributed by atoms with Gasteiger partial charge in [0, 0.05) is 27.4 Å². The largest absolute Gasteiger partial charge is 0.377 e. The van der Waals surface area contributed by atoms with E-state index in [2.05, 4.69) is 27.4 Å². The number of nitrogens with two attached hydrogens (primary N) is 1. The van der Waals surface area contributed by atoms with E-state index in [4.69, 9.17) is 10.5 Å². The van der Waals surface area contributed by atoms with Crippen molar-refractivity contribution in [1.29, 1.82) is 0 Å². The van der Waals surface area contributed by atoms with E-state index >= 15 is 0 Å². The van der Waals surface area contributed by atoms with E-state index in [-0.39, 0.29) is 12.1 Å². The second-order valence-electron chi connectivity index (χ2n) is 4.00. The van der Waals surface area contributed by atoms with E-state index in [1.165, 1.54) is 17.7 Å².